The highest BCUT2D eigenvalue weighted by molar-refractivity contribution is 7.07. The van der Waals surface area contributed by atoms with E-state index in [0.717, 1.165) is 5.56 Å². The Morgan fingerprint density at radius 2 is 1.92 bits per heavy atom. The number of nitrogens with zero attached hydrogens (tertiary/aromatic N) is 2. The Balaban J connectivity index is 1.68. The van der Waals surface area contributed by atoms with Crippen LogP contribution in [0.3, 0.4) is 0 Å². The van der Waals surface area contributed by atoms with Gasteiger partial charge in [0.05, 0.1) is 30.0 Å². The number of benzene rings is 2. The maximum Gasteiger partial charge on any atom is 0.271 e. The topological polar surface area (TPSA) is 95.1 Å². The van der Waals surface area contributed by atoms with Gasteiger partial charge in [-0.05, 0) is 68.4 Å². The lowest BCUT2D eigenvalue weighted by Crippen LogP contribution is -2.41. The normalized spacial score (nSPS) is 15.1. The second-order valence-corrected chi connectivity index (χ2v) is 10.2. The molecule has 1 N–H and O–H groups in total. The number of hydrogen-bond acceptors (Lipinski definition) is 7. The number of nitrogens with one attached hydrogen (secondary N) is 1. The molecule has 1 atom stereocenters. The van der Waals surface area contributed by atoms with Crippen molar-refractivity contribution in [3.63, 3.8) is 0 Å². The Bertz CT molecular complexity index is 1770. The van der Waals surface area contributed by atoms with Crippen LogP contribution in [0.1, 0.15) is 31.2 Å². The summed E-state index contributed by atoms with van der Waals surface area (Å²) in [7, 11) is 3.11. The smallest absolute Gasteiger partial charge is 0.271 e. The predicted octanol–water partition coefficient (Wildman–Crippen LogP) is 4.30. The summed E-state index contributed by atoms with van der Waals surface area (Å²) in [5, 5.41) is 3.49. The molecule has 0 spiro atoms. The number of aromatic nitrogens is 1. The number of carbonyl (C=O) groups is 1. The van der Waals surface area contributed by atoms with E-state index >= 15 is 0 Å². The van der Waals surface area contributed by atoms with Gasteiger partial charge in [-0.3, -0.25) is 14.2 Å². The first kappa shape index (κ1) is 26.5. The van der Waals surface area contributed by atoms with E-state index in [4.69, 9.17) is 25.5 Å². The van der Waals surface area contributed by atoms with E-state index in [1.54, 1.807) is 63.6 Å². The molecule has 3 heterocycles. The van der Waals surface area contributed by atoms with Crippen LogP contribution >= 0.6 is 22.9 Å². The molecule has 1 unspecified atom stereocenters. The Kier molecular flexibility index (Phi) is 7.45. The number of thiazole rings is 1. The van der Waals surface area contributed by atoms with Crippen molar-refractivity contribution in [2.75, 3.05) is 20.8 Å². The summed E-state index contributed by atoms with van der Waals surface area (Å²) >= 11 is 7.23. The van der Waals surface area contributed by atoms with Gasteiger partial charge in [0.2, 0.25) is 0 Å². The zero-order valence-electron chi connectivity index (χ0n) is 21.8. The van der Waals surface area contributed by atoms with Crippen LogP contribution < -0.4 is 29.7 Å². The number of carbonyl (C=O) groups excluding carboxylic acids is 1. The van der Waals surface area contributed by atoms with Crippen molar-refractivity contribution in [1.82, 2.24) is 9.88 Å². The van der Waals surface area contributed by atoms with Crippen LogP contribution in [-0.4, -0.2) is 31.2 Å². The van der Waals surface area contributed by atoms with Crippen LogP contribution in [0, 0.1) is 0 Å². The highest BCUT2D eigenvalue weighted by atomic mass is 35.5. The van der Waals surface area contributed by atoms with E-state index in [-0.39, 0.29) is 11.5 Å². The summed E-state index contributed by atoms with van der Waals surface area (Å²) in [6, 6.07) is 15.5. The molecule has 0 saturated carbocycles. The lowest BCUT2D eigenvalue weighted by Gasteiger charge is -2.26. The average Bonchev–Trinajstić information content (AvgIpc) is 3.52. The number of furan rings is 1. The SMILES string of the molecule is CCNC(=O)C1=C(C)N=c2s/c(=C\c3ccc(-c4ccc(Cl)cc4)o3)c(=O)n2C1c1cc(OC)ccc1OC. The molecular weight excluding hydrogens is 538 g/mol. The minimum atomic E-state index is -0.777. The maximum atomic E-state index is 13.9. The predicted molar refractivity (Wildman–Crippen MR) is 151 cm³/mol. The lowest BCUT2D eigenvalue weighted by atomic mass is 9.94. The number of likely N-dealkylation sites (N-methyl/N-ethyl adjacent to an activating group) is 1. The quantitative estimate of drug-likeness (QED) is 0.362. The van der Waals surface area contributed by atoms with Gasteiger partial charge in [-0.15, -0.1) is 0 Å². The highest BCUT2D eigenvalue weighted by Crippen LogP contribution is 2.37. The Morgan fingerprint density at radius 1 is 1.15 bits per heavy atom. The van der Waals surface area contributed by atoms with E-state index in [1.807, 2.05) is 25.1 Å². The van der Waals surface area contributed by atoms with E-state index in [9.17, 15) is 9.59 Å². The van der Waals surface area contributed by atoms with E-state index in [1.165, 1.54) is 15.9 Å². The third kappa shape index (κ3) is 5.03. The molecule has 0 saturated heterocycles. The number of halogens is 1. The summed E-state index contributed by atoms with van der Waals surface area (Å²) in [4.78, 5) is 32.3. The monoisotopic (exact) mass is 563 g/mol. The molecule has 1 aliphatic rings. The number of fused-ring (bicyclic) bond motifs is 1. The van der Waals surface area contributed by atoms with Crippen molar-refractivity contribution in [1.29, 1.82) is 0 Å². The Labute approximate surface area is 233 Å². The van der Waals surface area contributed by atoms with Crippen molar-refractivity contribution in [2.24, 2.45) is 4.99 Å². The summed E-state index contributed by atoms with van der Waals surface area (Å²) in [6.45, 7) is 4.04. The molecule has 0 fully saturated rings. The fourth-order valence-electron chi connectivity index (χ4n) is 4.54. The van der Waals surface area contributed by atoms with Gasteiger partial charge in [0.25, 0.3) is 11.5 Å². The molecule has 5 rings (SSSR count). The van der Waals surface area contributed by atoms with Crippen molar-refractivity contribution in [3.05, 3.63) is 102 Å². The largest absolute Gasteiger partial charge is 0.497 e. The van der Waals surface area contributed by atoms with Crippen molar-refractivity contribution >= 4 is 34.9 Å². The summed E-state index contributed by atoms with van der Waals surface area (Å²) < 4.78 is 19.1. The number of allylic oxidation sites excluding steroid dienone is 1. The molecule has 1 amide bonds. The van der Waals surface area contributed by atoms with Crippen LogP contribution in [0.25, 0.3) is 17.4 Å². The number of hydrogen-bond donors (Lipinski definition) is 1. The molecule has 8 nitrogen and oxygen atoms in total. The van der Waals surface area contributed by atoms with Gasteiger partial charge in [-0.2, -0.15) is 0 Å². The molecule has 10 heteroatoms. The molecule has 0 aliphatic carbocycles. The highest BCUT2D eigenvalue weighted by Gasteiger charge is 2.34. The van der Waals surface area contributed by atoms with Gasteiger partial charge in [-0.1, -0.05) is 22.9 Å². The number of rotatable bonds is 7. The minimum absolute atomic E-state index is 0.299. The Morgan fingerprint density at radius 3 is 2.62 bits per heavy atom. The van der Waals surface area contributed by atoms with Gasteiger partial charge in [0.15, 0.2) is 4.80 Å². The molecule has 200 valence electrons. The Hall–Kier alpha value is -4.08. The van der Waals surface area contributed by atoms with Crippen LogP contribution in [0.5, 0.6) is 11.5 Å². The number of amides is 1. The summed E-state index contributed by atoms with van der Waals surface area (Å²) in [6.07, 6.45) is 1.69. The third-order valence-electron chi connectivity index (χ3n) is 6.36. The first-order valence-corrected chi connectivity index (χ1v) is 13.4. The van der Waals surface area contributed by atoms with Crippen molar-refractivity contribution in [3.8, 4) is 22.8 Å². The molecule has 2 aromatic carbocycles. The van der Waals surface area contributed by atoms with Gasteiger partial charge >= 0.3 is 0 Å². The molecule has 1 aliphatic heterocycles. The first-order valence-electron chi connectivity index (χ1n) is 12.2. The van der Waals surface area contributed by atoms with Gasteiger partial charge < -0.3 is 19.2 Å². The van der Waals surface area contributed by atoms with Crippen molar-refractivity contribution in [2.45, 2.75) is 19.9 Å². The average molecular weight is 564 g/mol. The fourth-order valence-corrected chi connectivity index (χ4v) is 5.70. The molecule has 0 bridgehead atoms. The fraction of sp³-hybridized carbons (Fsp3) is 0.207. The second kappa shape index (κ2) is 11.0. The number of ether oxygens (including phenoxy) is 2. The van der Waals surface area contributed by atoms with Gasteiger partial charge in [0.1, 0.15) is 29.1 Å². The van der Waals surface area contributed by atoms with E-state index < -0.39 is 6.04 Å². The minimum Gasteiger partial charge on any atom is -0.497 e. The molecule has 0 radical (unpaired) electrons. The van der Waals surface area contributed by atoms with E-state index in [2.05, 4.69) is 10.3 Å². The van der Waals surface area contributed by atoms with Crippen LogP contribution in [0.15, 0.2) is 80.1 Å². The maximum absolute atomic E-state index is 13.9. The van der Waals surface area contributed by atoms with Crippen LogP contribution in [0.4, 0.5) is 0 Å². The molecule has 39 heavy (non-hydrogen) atoms. The molecule has 4 aromatic rings. The summed E-state index contributed by atoms with van der Waals surface area (Å²) in [5.74, 6) is 1.95. The second-order valence-electron chi connectivity index (χ2n) is 8.76. The molecular formula is C29H26ClN3O5S. The molecule has 2 aromatic heterocycles. The first-order chi connectivity index (χ1) is 18.8. The lowest BCUT2D eigenvalue weighted by molar-refractivity contribution is -0.117. The zero-order valence-corrected chi connectivity index (χ0v) is 23.4. The number of methoxy groups -OCH3 is 2. The van der Waals surface area contributed by atoms with Gasteiger partial charge in [-0.25, -0.2) is 4.99 Å². The van der Waals surface area contributed by atoms with Gasteiger partial charge in [0, 0.05) is 28.8 Å². The van der Waals surface area contributed by atoms with Crippen LogP contribution in [-0.2, 0) is 4.79 Å². The zero-order chi connectivity index (χ0) is 27.7. The van der Waals surface area contributed by atoms with Crippen LogP contribution in [0.2, 0.25) is 5.02 Å². The van der Waals surface area contributed by atoms with Crippen molar-refractivity contribution < 1.29 is 18.7 Å². The van der Waals surface area contributed by atoms with E-state index in [0.29, 0.717) is 60.8 Å². The standard InChI is InChI=1S/C29H26ClN3O5S/c1-5-31-27(34)25-16(2)32-29-33(26(25)21-14-19(36-3)10-13-23(21)37-4)28(35)24(39-29)15-20-11-12-22(38-20)17-6-8-18(30)9-7-17/h6-15,26H,5H2,1-4H3,(H,31,34)/b24-15-. The third-order valence-corrected chi connectivity index (χ3v) is 7.60. The summed E-state index contributed by atoms with van der Waals surface area (Å²) in [5.41, 5.74) is 2.07.